The van der Waals surface area contributed by atoms with Crippen LogP contribution in [0.2, 0.25) is 0 Å². The maximum Gasteiger partial charge on any atom is 0.248 e. The monoisotopic (exact) mass is 226 g/mol. The zero-order chi connectivity index (χ0) is 11.3. The Kier molecular flexibility index (Phi) is 2.31. The van der Waals surface area contributed by atoms with Crippen LogP contribution in [0.3, 0.4) is 0 Å². The van der Waals surface area contributed by atoms with Gasteiger partial charge in [-0.05, 0) is 12.5 Å². The molecule has 3 atom stereocenters. The first kappa shape index (κ1) is 10.6. The van der Waals surface area contributed by atoms with E-state index in [0.717, 1.165) is 11.3 Å². The summed E-state index contributed by atoms with van der Waals surface area (Å²) >= 11 is 0. The molecule has 2 aliphatic rings. The number of amides is 1. The molecular formula is C10H14N2O2S. The molecule has 1 amide bonds. The van der Waals surface area contributed by atoms with Gasteiger partial charge in [0.25, 0.3) is 0 Å². The molecule has 1 fully saturated rings. The molecule has 2 rings (SSSR count). The molecule has 0 saturated carbocycles. The Morgan fingerprint density at radius 2 is 2.27 bits per heavy atom. The maximum absolute atomic E-state index is 11.6. The fourth-order valence-electron chi connectivity index (χ4n) is 2.19. The second kappa shape index (κ2) is 3.28. The van der Waals surface area contributed by atoms with Crippen molar-refractivity contribution in [2.24, 2.45) is 5.73 Å². The number of nitrogens with two attached hydrogens (primary N) is 1. The molecule has 0 aliphatic carbocycles. The van der Waals surface area contributed by atoms with Gasteiger partial charge in [-0.25, -0.2) is 0 Å². The average Bonchev–Trinajstić information content (AvgIpc) is 2.15. The summed E-state index contributed by atoms with van der Waals surface area (Å²) in [6.45, 7) is 3.37. The first-order valence-corrected chi connectivity index (χ1v) is 6.36. The Bertz CT molecular complexity index is 414. The number of Topliss-reactive ketones (excluding diaryl/α,β-unsaturated/α-hetero) is 1. The number of rotatable bonds is 1. The van der Waals surface area contributed by atoms with Crippen LogP contribution >= 0.6 is 10.5 Å². The van der Waals surface area contributed by atoms with Gasteiger partial charge in [-0.15, -0.1) is 0 Å². The van der Waals surface area contributed by atoms with Gasteiger partial charge in [0.15, 0.2) is 5.78 Å². The lowest BCUT2D eigenvalue weighted by Gasteiger charge is -2.50. The minimum Gasteiger partial charge on any atom is -0.317 e. The van der Waals surface area contributed by atoms with E-state index in [-0.39, 0.29) is 27.5 Å². The lowest BCUT2D eigenvalue weighted by Crippen LogP contribution is -2.68. The summed E-state index contributed by atoms with van der Waals surface area (Å²) in [6, 6.07) is -0.465. The normalized spacial score (nSPS) is 35.0. The van der Waals surface area contributed by atoms with Gasteiger partial charge in [0.2, 0.25) is 5.91 Å². The van der Waals surface area contributed by atoms with Crippen LogP contribution in [-0.4, -0.2) is 39.6 Å². The summed E-state index contributed by atoms with van der Waals surface area (Å²) in [5.74, 6) is 4.58. The molecule has 1 saturated heterocycles. The summed E-state index contributed by atoms with van der Waals surface area (Å²) in [7, 11) is -0.176. The fourth-order valence-corrected chi connectivity index (χ4v) is 4.09. The molecular weight excluding hydrogens is 212 g/mol. The summed E-state index contributed by atoms with van der Waals surface area (Å²) in [6.07, 6.45) is 0. The number of nitrogens with zero attached hydrogens (tertiary/aromatic N) is 1. The van der Waals surface area contributed by atoms with Gasteiger partial charge in [0.1, 0.15) is 11.4 Å². The van der Waals surface area contributed by atoms with Crippen molar-refractivity contribution in [3.05, 3.63) is 11.3 Å². The molecule has 0 aromatic carbocycles. The lowest BCUT2D eigenvalue weighted by atomic mass is 10.0. The number of allylic oxidation sites excluding steroid dienone is 1. The summed E-state index contributed by atoms with van der Waals surface area (Å²) in [5, 5.41) is -0.0555. The van der Waals surface area contributed by atoms with E-state index in [1.165, 1.54) is 6.92 Å². The van der Waals surface area contributed by atoms with Crippen LogP contribution in [0.5, 0.6) is 0 Å². The second-order valence-corrected chi connectivity index (χ2v) is 5.84. The highest BCUT2D eigenvalue weighted by Gasteiger charge is 2.51. The first-order chi connectivity index (χ1) is 6.95. The van der Waals surface area contributed by atoms with E-state index >= 15 is 0 Å². The molecule has 0 aromatic rings. The molecule has 2 N–H and O–H groups in total. The van der Waals surface area contributed by atoms with Crippen molar-refractivity contribution in [1.82, 2.24) is 4.90 Å². The van der Waals surface area contributed by atoms with Crippen LogP contribution in [0.4, 0.5) is 0 Å². The summed E-state index contributed by atoms with van der Waals surface area (Å²) < 4.78 is 0. The molecule has 2 aliphatic heterocycles. The van der Waals surface area contributed by atoms with Gasteiger partial charge in [0, 0.05) is 12.7 Å². The Morgan fingerprint density at radius 1 is 1.67 bits per heavy atom. The predicted octanol–water partition coefficient (Wildman–Crippen LogP) is 0.0595. The Morgan fingerprint density at radius 3 is 2.80 bits per heavy atom. The number of carbonyl (C=O) groups is 2. The standard InChI is InChI=1S/C10H14N2O2S/c1-5-4-15(3)10-7(11)9(14)12(10)8(5)6(2)13/h7,10H,3-4,11H2,1-2H3. The molecule has 3 unspecified atom stereocenters. The van der Waals surface area contributed by atoms with Crippen molar-refractivity contribution >= 4 is 28.0 Å². The van der Waals surface area contributed by atoms with E-state index < -0.39 is 6.04 Å². The predicted molar refractivity (Wildman–Crippen MR) is 61.6 cm³/mol. The molecule has 0 aromatic heterocycles. The number of ketones is 1. The molecule has 82 valence electrons. The highest BCUT2D eigenvalue weighted by atomic mass is 32.2. The van der Waals surface area contributed by atoms with E-state index in [4.69, 9.17) is 5.73 Å². The zero-order valence-electron chi connectivity index (χ0n) is 8.82. The van der Waals surface area contributed by atoms with Gasteiger partial charge in [-0.3, -0.25) is 14.5 Å². The van der Waals surface area contributed by atoms with Crippen LogP contribution in [-0.2, 0) is 9.59 Å². The largest absolute Gasteiger partial charge is 0.317 e. The summed E-state index contributed by atoms with van der Waals surface area (Å²) in [5.41, 5.74) is 7.21. The van der Waals surface area contributed by atoms with Crippen molar-refractivity contribution in [3.63, 3.8) is 0 Å². The average molecular weight is 226 g/mol. The Labute approximate surface area is 91.0 Å². The Balaban J connectivity index is 2.46. The van der Waals surface area contributed by atoms with E-state index in [9.17, 15) is 9.59 Å². The minimum atomic E-state index is -0.465. The SMILES string of the molecule is C=S1CC(C)=C(C(C)=O)N2C(=O)C(N)C21. The third-order valence-corrected chi connectivity index (χ3v) is 4.80. The van der Waals surface area contributed by atoms with Gasteiger partial charge in [0.05, 0.1) is 5.70 Å². The molecule has 0 spiro atoms. The van der Waals surface area contributed by atoms with Crippen molar-refractivity contribution < 1.29 is 9.59 Å². The lowest BCUT2D eigenvalue weighted by molar-refractivity contribution is -0.143. The van der Waals surface area contributed by atoms with Crippen LogP contribution < -0.4 is 5.73 Å². The third-order valence-electron chi connectivity index (χ3n) is 2.81. The van der Waals surface area contributed by atoms with E-state index in [1.807, 2.05) is 6.92 Å². The molecule has 4 nitrogen and oxygen atoms in total. The van der Waals surface area contributed by atoms with E-state index in [1.54, 1.807) is 4.90 Å². The van der Waals surface area contributed by atoms with Crippen molar-refractivity contribution in [3.8, 4) is 0 Å². The highest BCUT2D eigenvalue weighted by molar-refractivity contribution is 8.15. The fraction of sp³-hybridized carbons (Fsp3) is 0.500. The zero-order valence-corrected chi connectivity index (χ0v) is 9.63. The topological polar surface area (TPSA) is 63.4 Å². The van der Waals surface area contributed by atoms with Crippen molar-refractivity contribution in [2.45, 2.75) is 25.3 Å². The van der Waals surface area contributed by atoms with Gasteiger partial charge in [-0.1, -0.05) is 5.87 Å². The molecule has 2 heterocycles. The molecule has 5 heteroatoms. The van der Waals surface area contributed by atoms with Crippen molar-refractivity contribution in [2.75, 3.05) is 5.75 Å². The molecule has 0 radical (unpaired) electrons. The number of hydrogen-bond donors (Lipinski definition) is 1. The quantitative estimate of drug-likeness (QED) is 0.508. The van der Waals surface area contributed by atoms with Crippen LogP contribution in [0, 0.1) is 0 Å². The van der Waals surface area contributed by atoms with Crippen molar-refractivity contribution in [1.29, 1.82) is 0 Å². The third kappa shape index (κ3) is 1.30. The van der Waals surface area contributed by atoms with E-state index in [2.05, 4.69) is 5.87 Å². The minimum absolute atomic E-state index is 0.0555. The number of β-lactam (4-membered cyclic amide) rings is 1. The summed E-state index contributed by atoms with van der Waals surface area (Å²) in [4.78, 5) is 24.6. The number of carbonyl (C=O) groups excluding carboxylic acids is 2. The van der Waals surface area contributed by atoms with Crippen LogP contribution in [0.1, 0.15) is 13.8 Å². The van der Waals surface area contributed by atoms with Crippen LogP contribution in [0.25, 0.3) is 0 Å². The van der Waals surface area contributed by atoms with Gasteiger partial charge >= 0.3 is 0 Å². The van der Waals surface area contributed by atoms with Crippen LogP contribution in [0.15, 0.2) is 11.3 Å². The van der Waals surface area contributed by atoms with Gasteiger partial charge in [-0.2, -0.15) is 10.5 Å². The smallest absolute Gasteiger partial charge is 0.248 e. The number of fused-ring (bicyclic) bond motifs is 1. The van der Waals surface area contributed by atoms with E-state index in [0.29, 0.717) is 5.70 Å². The highest BCUT2D eigenvalue weighted by Crippen LogP contribution is 2.42. The number of hydrogen-bond acceptors (Lipinski definition) is 3. The van der Waals surface area contributed by atoms with Gasteiger partial charge < -0.3 is 5.73 Å². The Hall–Kier alpha value is -0.940. The maximum atomic E-state index is 11.6. The second-order valence-electron chi connectivity index (χ2n) is 3.99. The first-order valence-electron chi connectivity index (χ1n) is 4.74. The molecule has 15 heavy (non-hydrogen) atoms. The molecule has 0 bridgehead atoms.